The van der Waals surface area contributed by atoms with Crippen LogP contribution in [-0.2, 0) is 10.0 Å². The molecule has 0 atom stereocenters. The highest BCUT2D eigenvalue weighted by molar-refractivity contribution is 7.89. The molecule has 0 saturated carbocycles. The highest BCUT2D eigenvalue weighted by atomic mass is 32.2. The number of hydrogen-bond acceptors (Lipinski definition) is 5. The number of rotatable bonds is 8. The molecule has 6 nitrogen and oxygen atoms in total. The van der Waals surface area contributed by atoms with E-state index in [1.54, 1.807) is 13.8 Å². The lowest BCUT2D eigenvalue weighted by Crippen LogP contribution is -2.39. The van der Waals surface area contributed by atoms with Crippen LogP contribution in [0.15, 0.2) is 23.2 Å². The molecule has 2 N–H and O–H groups in total. The number of aliphatic hydroxyl groups excluding tert-OH is 1. The average Bonchev–Trinajstić information content (AvgIpc) is 2.42. The lowest BCUT2D eigenvalue weighted by atomic mass is 10.4. The van der Waals surface area contributed by atoms with Gasteiger partial charge in [-0.15, -0.1) is 0 Å². The molecule has 0 aliphatic carbocycles. The summed E-state index contributed by atoms with van der Waals surface area (Å²) < 4.78 is 26.4. The fraction of sp³-hybridized carbons (Fsp3) is 0.615. The highest BCUT2D eigenvalue weighted by Gasteiger charge is 2.26. The van der Waals surface area contributed by atoms with Gasteiger partial charge in [0.15, 0.2) is 0 Å². The third kappa shape index (κ3) is 4.16. The Hall–Kier alpha value is -1.18. The van der Waals surface area contributed by atoms with Gasteiger partial charge in [-0.1, -0.05) is 6.92 Å². The van der Waals surface area contributed by atoms with Crippen molar-refractivity contribution in [3.63, 3.8) is 0 Å². The Kier molecular flexibility index (Phi) is 6.38. The summed E-state index contributed by atoms with van der Waals surface area (Å²) in [6.45, 7) is 6.20. The van der Waals surface area contributed by atoms with Crippen molar-refractivity contribution < 1.29 is 13.5 Å². The van der Waals surface area contributed by atoms with Gasteiger partial charge >= 0.3 is 0 Å². The predicted molar refractivity (Wildman–Crippen MR) is 79.1 cm³/mol. The van der Waals surface area contributed by atoms with Crippen LogP contribution < -0.4 is 5.32 Å². The van der Waals surface area contributed by atoms with E-state index in [0.717, 1.165) is 13.0 Å². The number of nitrogens with zero attached hydrogens (tertiary/aromatic N) is 2. The van der Waals surface area contributed by atoms with E-state index in [4.69, 9.17) is 5.11 Å². The molecule has 1 rings (SSSR count). The van der Waals surface area contributed by atoms with E-state index in [1.165, 1.54) is 22.6 Å². The van der Waals surface area contributed by atoms with Gasteiger partial charge in [0.25, 0.3) is 0 Å². The van der Waals surface area contributed by atoms with Crippen LogP contribution in [0.1, 0.15) is 27.2 Å². The highest BCUT2D eigenvalue weighted by Crippen LogP contribution is 2.19. The summed E-state index contributed by atoms with van der Waals surface area (Å²) in [6, 6.07) is 2.78. The van der Waals surface area contributed by atoms with Crippen molar-refractivity contribution in [3.8, 4) is 0 Å². The Morgan fingerprint density at radius 2 is 2.15 bits per heavy atom. The quantitative estimate of drug-likeness (QED) is 0.756. The summed E-state index contributed by atoms with van der Waals surface area (Å²) >= 11 is 0. The van der Waals surface area contributed by atoms with E-state index in [1.807, 2.05) is 6.92 Å². The molecule has 1 heterocycles. The van der Waals surface area contributed by atoms with Crippen molar-refractivity contribution >= 4 is 15.8 Å². The number of sulfonamides is 1. The zero-order chi connectivity index (χ0) is 15.2. The van der Waals surface area contributed by atoms with E-state index in [-0.39, 0.29) is 24.1 Å². The summed E-state index contributed by atoms with van der Waals surface area (Å²) in [5, 5.41) is 12.1. The summed E-state index contributed by atoms with van der Waals surface area (Å²) in [5.74, 6) is 0.542. The predicted octanol–water partition coefficient (Wildman–Crippen LogP) is 1.29. The van der Waals surface area contributed by atoms with E-state index in [9.17, 15) is 8.42 Å². The fourth-order valence-corrected chi connectivity index (χ4v) is 3.45. The van der Waals surface area contributed by atoms with Crippen LogP contribution in [0.4, 0.5) is 5.82 Å². The Morgan fingerprint density at radius 1 is 1.45 bits per heavy atom. The summed E-state index contributed by atoms with van der Waals surface area (Å²) in [4.78, 5) is 4.29. The first-order chi connectivity index (χ1) is 9.43. The minimum absolute atomic E-state index is 0.0834. The van der Waals surface area contributed by atoms with Gasteiger partial charge in [-0.2, -0.15) is 4.31 Å². The molecule has 7 heteroatoms. The summed E-state index contributed by atoms with van der Waals surface area (Å²) in [7, 11) is -3.62. The van der Waals surface area contributed by atoms with E-state index in [0.29, 0.717) is 5.82 Å². The second kappa shape index (κ2) is 7.56. The third-order valence-electron chi connectivity index (χ3n) is 2.79. The van der Waals surface area contributed by atoms with E-state index < -0.39 is 10.0 Å². The maximum Gasteiger partial charge on any atom is 0.243 e. The monoisotopic (exact) mass is 301 g/mol. The van der Waals surface area contributed by atoms with Gasteiger partial charge in [0.1, 0.15) is 5.82 Å². The molecule has 0 unspecified atom stereocenters. The largest absolute Gasteiger partial charge is 0.395 e. The molecule has 114 valence electrons. The lowest BCUT2D eigenvalue weighted by Gasteiger charge is -2.25. The zero-order valence-electron chi connectivity index (χ0n) is 12.2. The molecule has 0 saturated heterocycles. The lowest BCUT2D eigenvalue weighted by molar-refractivity contribution is 0.236. The Bertz CT molecular complexity index is 517. The van der Waals surface area contributed by atoms with Crippen LogP contribution in [0.25, 0.3) is 0 Å². The summed E-state index contributed by atoms with van der Waals surface area (Å²) in [6.07, 6.45) is 2.41. The zero-order valence-corrected chi connectivity index (χ0v) is 13.0. The smallest absolute Gasteiger partial charge is 0.243 e. The molecule has 0 spiro atoms. The van der Waals surface area contributed by atoms with Gasteiger partial charge < -0.3 is 10.4 Å². The molecule has 0 aromatic carbocycles. The molecule has 0 aliphatic heterocycles. The van der Waals surface area contributed by atoms with Gasteiger partial charge in [-0.3, -0.25) is 0 Å². The minimum Gasteiger partial charge on any atom is -0.395 e. The average molecular weight is 301 g/mol. The number of anilines is 1. The standard InChI is InChI=1S/C13H23N3O3S/c1-4-6-14-13-10-12(5-7-15-13)20(18,19)16(8-9-17)11(2)3/h5,7,10-11,17H,4,6,8-9H2,1-3H3,(H,14,15). The Balaban J connectivity index is 3.07. The van der Waals surface area contributed by atoms with Gasteiger partial charge in [-0.25, -0.2) is 13.4 Å². The molecular weight excluding hydrogens is 278 g/mol. The Labute approximate surface area is 120 Å². The van der Waals surface area contributed by atoms with Crippen LogP contribution in [0, 0.1) is 0 Å². The normalized spacial score (nSPS) is 12.1. The van der Waals surface area contributed by atoms with Gasteiger partial charge in [0, 0.05) is 31.4 Å². The second-order valence-corrected chi connectivity index (χ2v) is 6.63. The van der Waals surface area contributed by atoms with Crippen molar-refractivity contribution in [1.29, 1.82) is 0 Å². The SMILES string of the molecule is CCCNc1cc(S(=O)(=O)N(CCO)C(C)C)ccn1. The number of nitrogens with one attached hydrogen (secondary N) is 1. The van der Waals surface area contributed by atoms with Gasteiger partial charge in [0.05, 0.1) is 11.5 Å². The maximum atomic E-state index is 12.5. The number of aliphatic hydroxyl groups is 1. The van der Waals surface area contributed by atoms with Crippen LogP contribution in [0.5, 0.6) is 0 Å². The van der Waals surface area contributed by atoms with Crippen LogP contribution in [-0.4, -0.2) is 48.6 Å². The third-order valence-corrected chi connectivity index (χ3v) is 4.86. The number of hydrogen-bond donors (Lipinski definition) is 2. The fourth-order valence-electron chi connectivity index (χ4n) is 1.81. The number of pyridine rings is 1. The molecule has 0 radical (unpaired) electrons. The maximum absolute atomic E-state index is 12.5. The van der Waals surface area contributed by atoms with E-state index in [2.05, 4.69) is 10.3 Å². The molecule has 0 aliphatic rings. The summed E-state index contributed by atoms with van der Waals surface area (Å²) in [5.41, 5.74) is 0. The molecule has 1 aromatic heterocycles. The minimum atomic E-state index is -3.62. The Morgan fingerprint density at radius 3 is 2.70 bits per heavy atom. The van der Waals surface area contributed by atoms with Crippen molar-refractivity contribution in [2.45, 2.75) is 38.1 Å². The molecule has 20 heavy (non-hydrogen) atoms. The first kappa shape index (κ1) is 16.9. The topological polar surface area (TPSA) is 82.5 Å². The molecule has 0 bridgehead atoms. The van der Waals surface area contributed by atoms with E-state index >= 15 is 0 Å². The second-order valence-electron chi connectivity index (χ2n) is 4.74. The first-order valence-electron chi connectivity index (χ1n) is 6.76. The van der Waals surface area contributed by atoms with Crippen LogP contribution in [0.3, 0.4) is 0 Å². The van der Waals surface area contributed by atoms with Crippen LogP contribution in [0.2, 0.25) is 0 Å². The van der Waals surface area contributed by atoms with Crippen LogP contribution >= 0.6 is 0 Å². The first-order valence-corrected chi connectivity index (χ1v) is 8.20. The van der Waals surface area contributed by atoms with Gasteiger partial charge in [0.2, 0.25) is 10.0 Å². The van der Waals surface area contributed by atoms with Crippen molar-refractivity contribution in [2.24, 2.45) is 0 Å². The van der Waals surface area contributed by atoms with Crippen molar-refractivity contribution in [2.75, 3.05) is 25.0 Å². The number of aromatic nitrogens is 1. The molecule has 1 aromatic rings. The molecule has 0 amide bonds. The molecule has 0 fully saturated rings. The van der Waals surface area contributed by atoms with Crippen molar-refractivity contribution in [3.05, 3.63) is 18.3 Å². The van der Waals surface area contributed by atoms with Crippen molar-refractivity contribution in [1.82, 2.24) is 9.29 Å². The van der Waals surface area contributed by atoms with Gasteiger partial charge in [-0.05, 0) is 26.3 Å². The molecular formula is C13H23N3O3S.